The highest BCUT2D eigenvalue weighted by molar-refractivity contribution is 7.89. The van der Waals surface area contributed by atoms with E-state index >= 15 is 0 Å². The van der Waals surface area contributed by atoms with Gasteiger partial charge in [-0.25, -0.2) is 13.1 Å². The van der Waals surface area contributed by atoms with Gasteiger partial charge >= 0.3 is 0 Å². The van der Waals surface area contributed by atoms with E-state index in [4.69, 9.17) is 5.73 Å². The lowest BCUT2D eigenvalue weighted by Crippen LogP contribution is -2.25. The van der Waals surface area contributed by atoms with Crippen molar-refractivity contribution >= 4 is 10.0 Å². The zero-order valence-corrected chi connectivity index (χ0v) is 11.2. The number of hydrogen-bond donors (Lipinski definition) is 2. The van der Waals surface area contributed by atoms with Gasteiger partial charge in [-0.05, 0) is 56.5 Å². The number of sulfonamides is 1. The van der Waals surface area contributed by atoms with Crippen LogP contribution in [0.4, 0.5) is 0 Å². The molecule has 0 radical (unpaired) electrons. The first kappa shape index (κ1) is 14.2. The molecule has 4 nitrogen and oxygen atoms in total. The van der Waals surface area contributed by atoms with Crippen molar-refractivity contribution in [1.29, 1.82) is 0 Å². The molecular formula is C12H20N2O2S. The summed E-state index contributed by atoms with van der Waals surface area (Å²) in [5, 5.41) is 0. The summed E-state index contributed by atoms with van der Waals surface area (Å²) in [5.41, 5.74) is 7.42. The van der Waals surface area contributed by atoms with Crippen molar-refractivity contribution in [3.63, 3.8) is 0 Å². The van der Waals surface area contributed by atoms with E-state index in [1.807, 2.05) is 19.9 Å². The molecule has 0 unspecified atom stereocenters. The predicted octanol–water partition coefficient (Wildman–Crippen LogP) is 1.32. The number of aryl methyl sites for hydroxylation is 2. The van der Waals surface area contributed by atoms with Gasteiger partial charge in [-0.15, -0.1) is 0 Å². The second kappa shape index (κ2) is 6.14. The summed E-state index contributed by atoms with van der Waals surface area (Å²) in [6, 6.07) is 5.15. The van der Waals surface area contributed by atoms with Crippen LogP contribution in [0.5, 0.6) is 0 Å². The van der Waals surface area contributed by atoms with Gasteiger partial charge in [0.05, 0.1) is 4.90 Å². The van der Waals surface area contributed by atoms with Crippen LogP contribution in [0.2, 0.25) is 0 Å². The molecule has 0 aliphatic rings. The van der Waals surface area contributed by atoms with Crippen LogP contribution < -0.4 is 10.5 Å². The zero-order valence-electron chi connectivity index (χ0n) is 10.4. The first-order valence-electron chi connectivity index (χ1n) is 5.74. The lowest BCUT2D eigenvalue weighted by Gasteiger charge is -2.08. The van der Waals surface area contributed by atoms with Crippen LogP contribution in [0.25, 0.3) is 0 Å². The molecule has 1 aromatic rings. The van der Waals surface area contributed by atoms with Crippen LogP contribution >= 0.6 is 0 Å². The molecule has 17 heavy (non-hydrogen) atoms. The molecule has 96 valence electrons. The highest BCUT2D eigenvalue weighted by Gasteiger charge is 2.13. The van der Waals surface area contributed by atoms with Crippen LogP contribution in [0.1, 0.15) is 24.0 Å². The van der Waals surface area contributed by atoms with Gasteiger partial charge in [0.25, 0.3) is 0 Å². The summed E-state index contributed by atoms with van der Waals surface area (Å²) in [4.78, 5) is 0.327. The normalized spacial score (nSPS) is 11.7. The predicted molar refractivity (Wildman–Crippen MR) is 69.4 cm³/mol. The topological polar surface area (TPSA) is 72.2 Å². The van der Waals surface area contributed by atoms with Gasteiger partial charge in [0.15, 0.2) is 0 Å². The fraction of sp³-hybridized carbons (Fsp3) is 0.500. The van der Waals surface area contributed by atoms with Gasteiger partial charge in [-0.1, -0.05) is 6.07 Å². The molecule has 1 rings (SSSR count). The van der Waals surface area contributed by atoms with Crippen molar-refractivity contribution in [2.45, 2.75) is 31.6 Å². The summed E-state index contributed by atoms with van der Waals surface area (Å²) < 4.78 is 26.4. The van der Waals surface area contributed by atoms with Crippen LogP contribution in [0, 0.1) is 13.8 Å². The molecular weight excluding hydrogens is 236 g/mol. The zero-order chi connectivity index (χ0) is 12.9. The molecule has 0 aromatic heterocycles. The molecule has 0 bridgehead atoms. The molecule has 1 aromatic carbocycles. The van der Waals surface area contributed by atoms with Gasteiger partial charge in [0.2, 0.25) is 10.0 Å². The van der Waals surface area contributed by atoms with Crippen molar-refractivity contribution in [3.05, 3.63) is 29.3 Å². The molecule has 0 saturated heterocycles. The fourth-order valence-electron chi connectivity index (χ4n) is 1.44. The summed E-state index contributed by atoms with van der Waals surface area (Å²) in [6.45, 7) is 4.89. The average molecular weight is 256 g/mol. The third kappa shape index (κ3) is 4.11. The molecule has 0 spiro atoms. The largest absolute Gasteiger partial charge is 0.330 e. The second-order valence-electron chi connectivity index (χ2n) is 4.14. The molecule has 3 N–H and O–H groups in total. The highest BCUT2D eigenvalue weighted by Crippen LogP contribution is 2.14. The first-order valence-corrected chi connectivity index (χ1v) is 7.22. The van der Waals surface area contributed by atoms with Crippen molar-refractivity contribution in [2.24, 2.45) is 5.73 Å². The lowest BCUT2D eigenvalue weighted by atomic mass is 10.1. The van der Waals surface area contributed by atoms with Crippen LogP contribution in [-0.2, 0) is 10.0 Å². The molecule has 0 heterocycles. The van der Waals surface area contributed by atoms with E-state index in [9.17, 15) is 8.42 Å². The minimum Gasteiger partial charge on any atom is -0.330 e. The van der Waals surface area contributed by atoms with E-state index in [1.54, 1.807) is 12.1 Å². The third-order valence-corrected chi connectivity index (χ3v) is 4.17. The number of nitrogens with two attached hydrogens (primary N) is 1. The number of benzene rings is 1. The van der Waals surface area contributed by atoms with E-state index in [0.717, 1.165) is 24.0 Å². The number of nitrogens with one attached hydrogen (secondary N) is 1. The minimum atomic E-state index is -3.37. The SMILES string of the molecule is Cc1ccc(S(=O)(=O)NCCCCN)cc1C. The minimum absolute atomic E-state index is 0.327. The molecule has 0 amide bonds. The van der Waals surface area contributed by atoms with Crippen LogP contribution in [0.3, 0.4) is 0 Å². The third-order valence-electron chi connectivity index (χ3n) is 2.71. The Morgan fingerprint density at radius 1 is 1.18 bits per heavy atom. The summed E-state index contributed by atoms with van der Waals surface area (Å²) in [5.74, 6) is 0. The van der Waals surface area contributed by atoms with Crippen molar-refractivity contribution in [2.75, 3.05) is 13.1 Å². The monoisotopic (exact) mass is 256 g/mol. The molecule has 5 heteroatoms. The van der Waals surface area contributed by atoms with Gasteiger partial charge < -0.3 is 5.73 Å². The summed E-state index contributed by atoms with van der Waals surface area (Å²) >= 11 is 0. The first-order chi connectivity index (χ1) is 7.97. The van der Waals surface area contributed by atoms with Crippen molar-refractivity contribution in [3.8, 4) is 0 Å². The van der Waals surface area contributed by atoms with Crippen molar-refractivity contribution < 1.29 is 8.42 Å². The lowest BCUT2D eigenvalue weighted by molar-refractivity contribution is 0.577. The Labute approximate surface area is 103 Å². The van der Waals surface area contributed by atoms with Crippen LogP contribution in [-0.4, -0.2) is 21.5 Å². The number of hydrogen-bond acceptors (Lipinski definition) is 3. The van der Waals surface area contributed by atoms with Crippen LogP contribution in [0.15, 0.2) is 23.1 Å². The van der Waals surface area contributed by atoms with E-state index in [1.165, 1.54) is 0 Å². The maximum absolute atomic E-state index is 11.9. The Morgan fingerprint density at radius 3 is 2.47 bits per heavy atom. The fourth-order valence-corrected chi connectivity index (χ4v) is 2.60. The summed E-state index contributed by atoms with van der Waals surface area (Å²) in [6.07, 6.45) is 1.59. The Hall–Kier alpha value is -0.910. The van der Waals surface area contributed by atoms with E-state index in [-0.39, 0.29) is 0 Å². The second-order valence-corrected chi connectivity index (χ2v) is 5.91. The summed E-state index contributed by atoms with van der Waals surface area (Å²) in [7, 11) is -3.37. The maximum atomic E-state index is 11.9. The molecule has 0 saturated carbocycles. The molecule has 0 atom stereocenters. The standard InChI is InChI=1S/C12H20N2O2S/c1-10-5-6-12(9-11(10)2)17(15,16)14-8-4-3-7-13/h5-6,9,14H,3-4,7-8,13H2,1-2H3. The Bertz CT molecular complexity index is 469. The number of unbranched alkanes of at least 4 members (excludes halogenated alkanes) is 1. The van der Waals surface area contributed by atoms with E-state index < -0.39 is 10.0 Å². The van der Waals surface area contributed by atoms with Gasteiger partial charge in [-0.3, -0.25) is 0 Å². The quantitative estimate of drug-likeness (QED) is 0.754. The Kier molecular flexibility index (Phi) is 5.11. The Balaban J connectivity index is 2.72. The van der Waals surface area contributed by atoms with Gasteiger partial charge in [-0.2, -0.15) is 0 Å². The average Bonchev–Trinajstić information content (AvgIpc) is 2.28. The smallest absolute Gasteiger partial charge is 0.240 e. The Morgan fingerprint density at radius 2 is 1.88 bits per heavy atom. The molecule has 0 aliphatic carbocycles. The van der Waals surface area contributed by atoms with Crippen molar-refractivity contribution in [1.82, 2.24) is 4.72 Å². The van der Waals surface area contributed by atoms with Gasteiger partial charge in [0, 0.05) is 6.54 Å². The molecule has 0 aliphatic heterocycles. The molecule has 0 fully saturated rings. The highest BCUT2D eigenvalue weighted by atomic mass is 32.2. The maximum Gasteiger partial charge on any atom is 0.240 e. The van der Waals surface area contributed by atoms with E-state index in [2.05, 4.69) is 4.72 Å². The van der Waals surface area contributed by atoms with Gasteiger partial charge in [0.1, 0.15) is 0 Å². The number of rotatable bonds is 6. The van der Waals surface area contributed by atoms with E-state index in [0.29, 0.717) is 18.0 Å².